The summed E-state index contributed by atoms with van der Waals surface area (Å²) in [7, 11) is -3.33. The zero-order valence-corrected chi connectivity index (χ0v) is 14.5. The van der Waals surface area contributed by atoms with E-state index in [0.29, 0.717) is 0 Å². The van der Waals surface area contributed by atoms with Gasteiger partial charge in [0.15, 0.2) is 0 Å². The predicted molar refractivity (Wildman–Crippen MR) is 83.4 cm³/mol. The highest BCUT2D eigenvalue weighted by Gasteiger charge is 2.54. The monoisotopic (exact) mass is 314 g/mol. The van der Waals surface area contributed by atoms with Gasteiger partial charge in [-0.05, 0) is 59.3 Å². The molecular formula is C16H27O4P. The number of fused-ring (bicyclic) bond motifs is 2. The highest BCUT2D eigenvalue weighted by Crippen LogP contribution is 2.64. The van der Waals surface area contributed by atoms with E-state index in [-0.39, 0.29) is 41.4 Å². The molecule has 3 aliphatic carbocycles. The van der Waals surface area contributed by atoms with Crippen molar-refractivity contribution in [2.45, 2.75) is 65.3 Å². The quantitative estimate of drug-likeness (QED) is 0.544. The van der Waals surface area contributed by atoms with Crippen LogP contribution in [0.3, 0.4) is 0 Å². The Morgan fingerprint density at radius 2 is 1.52 bits per heavy atom. The molecule has 4 atom stereocenters. The van der Waals surface area contributed by atoms with Crippen LogP contribution in [0.15, 0.2) is 12.2 Å². The van der Waals surface area contributed by atoms with Crippen LogP contribution in [0.1, 0.15) is 47.5 Å². The molecule has 0 saturated heterocycles. The van der Waals surface area contributed by atoms with E-state index in [1.807, 2.05) is 27.7 Å². The molecule has 0 aromatic heterocycles. The maximum atomic E-state index is 13.5. The van der Waals surface area contributed by atoms with Crippen LogP contribution in [-0.2, 0) is 18.4 Å². The van der Waals surface area contributed by atoms with E-state index in [2.05, 4.69) is 12.2 Å². The minimum atomic E-state index is -3.33. The van der Waals surface area contributed by atoms with Crippen LogP contribution < -0.4 is 0 Å². The average Bonchev–Trinajstić information content (AvgIpc) is 2.36. The highest BCUT2D eigenvalue weighted by molar-refractivity contribution is 7.54. The molecule has 0 aliphatic heterocycles. The lowest BCUT2D eigenvalue weighted by Gasteiger charge is -2.46. The highest BCUT2D eigenvalue weighted by atomic mass is 31.2. The summed E-state index contributed by atoms with van der Waals surface area (Å²) in [4.78, 5) is 12.2. The van der Waals surface area contributed by atoms with Crippen molar-refractivity contribution < 1.29 is 18.4 Å². The molecule has 1 saturated carbocycles. The van der Waals surface area contributed by atoms with Crippen molar-refractivity contribution in [2.75, 3.05) is 0 Å². The minimum absolute atomic E-state index is 0.0963. The lowest BCUT2D eigenvalue weighted by Crippen LogP contribution is -2.45. The molecule has 3 aliphatic rings. The molecule has 0 amide bonds. The predicted octanol–water partition coefficient (Wildman–Crippen LogP) is 4.20. The zero-order chi connectivity index (χ0) is 15.8. The molecule has 3 rings (SSSR count). The van der Waals surface area contributed by atoms with E-state index in [0.717, 1.165) is 12.8 Å². The van der Waals surface area contributed by atoms with Gasteiger partial charge in [0.1, 0.15) is 5.78 Å². The first-order chi connectivity index (χ1) is 9.74. The Bertz CT molecular complexity index is 455. The molecule has 21 heavy (non-hydrogen) atoms. The number of ketones is 1. The molecule has 5 heteroatoms. The first-order valence-corrected chi connectivity index (χ1v) is 9.51. The first-order valence-electron chi connectivity index (χ1n) is 7.90. The lowest BCUT2D eigenvalue weighted by molar-refractivity contribution is -0.123. The Morgan fingerprint density at radius 3 is 1.90 bits per heavy atom. The molecule has 0 aromatic rings. The third-order valence-electron chi connectivity index (χ3n) is 4.26. The van der Waals surface area contributed by atoms with Crippen LogP contribution in [0.2, 0.25) is 0 Å². The maximum Gasteiger partial charge on any atom is 0.335 e. The van der Waals surface area contributed by atoms with Crippen molar-refractivity contribution in [1.29, 1.82) is 0 Å². The van der Waals surface area contributed by atoms with Crippen molar-refractivity contribution in [1.82, 2.24) is 0 Å². The normalized spacial score (nSPS) is 32.1. The fourth-order valence-corrected chi connectivity index (χ4v) is 6.74. The van der Waals surface area contributed by atoms with Gasteiger partial charge in [-0.3, -0.25) is 9.36 Å². The van der Waals surface area contributed by atoms with Crippen LogP contribution in [-0.4, -0.2) is 23.7 Å². The van der Waals surface area contributed by atoms with E-state index in [9.17, 15) is 9.36 Å². The number of hydrogen-bond acceptors (Lipinski definition) is 4. The van der Waals surface area contributed by atoms with Crippen LogP contribution in [0.5, 0.6) is 0 Å². The standard InChI is InChI=1S/C16H27O4P/c1-10(2)19-21(18,20-11(3)4)16-14-8-6-13(7-9-14)15(16)12(5)17/h6,8,10-11,13-16H,7,9H2,1-5H3/t13-,14+,15+,16+/m0/s1. The van der Waals surface area contributed by atoms with Crippen molar-refractivity contribution >= 4 is 13.4 Å². The molecule has 0 heterocycles. The van der Waals surface area contributed by atoms with Gasteiger partial charge in [0.05, 0.1) is 17.9 Å². The molecule has 120 valence electrons. The molecule has 2 bridgehead atoms. The fraction of sp³-hybridized carbons (Fsp3) is 0.812. The summed E-state index contributed by atoms with van der Waals surface area (Å²) in [5, 5.41) is 0. The number of carbonyl (C=O) groups is 1. The third-order valence-corrected chi connectivity index (χ3v) is 7.12. The Kier molecular flexibility index (Phi) is 5.12. The summed E-state index contributed by atoms with van der Waals surface area (Å²) in [5.41, 5.74) is -0.330. The van der Waals surface area contributed by atoms with Crippen LogP contribution in [0.4, 0.5) is 0 Å². The number of Topliss-reactive ketones (excluding diaryl/α,β-unsaturated/α-hetero) is 1. The van der Waals surface area contributed by atoms with Crippen LogP contribution in [0, 0.1) is 17.8 Å². The van der Waals surface area contributed by atoms with E-state index in [1.165, 1.54) is 0 Å². The van der Waals surface area contributed by atoms with Gasteiger partial charge in [-0.15, -0.1) is 0 Å². The number of carbonyl (C=O) groups excluding carboxylic acids is 1. The number of allylic oxidation sites excluding steroid dienone is 2. The largest absolute Gasteiger partial charge is 0.335 e. The Morgan fingerprint density at radius 1 is 1.05 bits per heavy atom. The maximum absolute atomic E-state index is 13.5. The average molecular weight is 314 g/mol. The molecule has 0 spiro atoms. The van der Waals surface area contributed by atoms with Gasteiger partial charge in [0, 0.05) is 5.92 Å². The Balaban J connectivity index is 2.39. The number of hydrogen-bond donors (Lipinski definition) is 0. The van der Waals surface area contributed by atoms with Crippen molar-refractivity contribution in [2.24, 2.45) is 17.8 Å². The second-order valence-corrected chi connectivity index (χ2v) is 8.86. The molecule has 4 nitrogen and oxygen atoms in total. The summed E-state index contributed by atoms with van der Waals surface area (Å²) in [6.07, 6.45) is 5.80. The second kappa shape index (κ2) is 6.36. The van der Waals surface area contributed by atoms with Gasteiger partial charge in [0.2, 0.25) is 0 Å². The molecule has 0 unspecified atom stereocenters. The topological polar surface area (TPSA) is 52.6 Å². The molecule has 1 fully saturated rings. The van der Waals surface area contributed by atoms with Gasteiger partial charge < -0.3 is 9.05 Å². The van der Waals surface area contributed by atoms with Crippen LogP contribution in [0.25, 0.3) is 0 Å². The van der Waals surface area contributed by atoms with Crippen LogP contribution >= 0.6 is 7.60 Å². The third kappa shape index (κ3) is 3.49. The van der Waals surface area contributed by atoms with E-state index < -0.39 is 7.60 Å². The van der Waals surface area contributed by atoms with Gasteiger partial charge >= 0.3 is 7.60 Å². The number of rotatable bonds is 6. The minimum Gasteiger partial charge on any atom is -0.306 e. The van der Waals surface area contributed by atoms with Crippen molar-refractivity contribution in [3.05, 3.63) is 12.2 Å². The summed E-state index contributed by atoms with van der Waals surface area (Å²) in [6, 6.07) is 0. The summed E-state index contributed by atoms with van der Waals surface area (Å²) in [6.45, 7) is 9.03. The second-order valence-electron chi connectivity index (χ2n) is 6.77. The Labute approximate surface area is 127 Å². The van der Waals surface area contributed by atoms with Gasteiger partial charge in [-0.25, -0.2) is 0 Å². The molecule has 0 aromatic carbocycles. The SMILES string of the molecule is CC(=O)[C@H]1[C@H](P(=O)(OC(C)C)OC(C)C)[C@@H]2C=C[C@H]1CC2. The van der Waals surface area contributed by atoms with Crippen molar-refractivity contribution in [3.8, 4) is 0 Å². The smallest absolute Gasteiger partial charge is 0.306 e. The van der Waals surface area contributed by atoms with Gasteiger partial charge in [-0.1, -0.05) is 12.2 Å². The molecule has 0 radical (unpaired) electrons. The summed E-state index contributed by atoms with van der Waals surface area (Å²) < 4.78 is 25.0. The molecule has 0 N–H and O–H groups in total. The zero-order valence-electron chi connectivity index (χ0n) is 13.6. The Hall–Kier alpha value is -0.440. The summed E-state index contributed by atoms with van der Waals surface area (Å²) >= 11 is 0. The van der Waals surface area contributed by atoms with Gasteiger partial charge in [-0.2, -0.15) is 0 Å². The summed E-state index contributed by atoms with van der Waals surface area (Å²) in [5.74, 6) is 0.153. The first kappa shape index (κ1) is 16.9. The lowest BCUT2D eigenvalue weighted by atomic mass is 9.67. The van der Waals surface area contributed by atoms with Gasteiger partial charge in [0.25, 0.3) is 0 Å². The van der Waals surface area contributed by atoms with E-state index in [1.54, 1.807) is 6.92 Å². The van der Waals surface area contributed by atoms with Crippen molar-refractivity contribution in [3.63, 3.8) is 0 Å². The van der Waals surface area contributed by atoms with E-state index in [4.69, 9.17) is 9.05 Å². The fourth-order valence-electron chi connectivity index (χ4n) is 3.69. The van der Waals surface area contributed by atoms with E-state index >= 15 is 0 Å². The molecular weight excluding hydrogens is 287 g/mol.